The molecule has 0 radical (unpaired) electrons. The molecule has 0 amide bonds. The van der Waals surface area contributed by atoms with E-state index < -0.39 is 6.10 Å². The van der Waals surface area contributed by atoms with Gasteiger partial charge in [-0.15, -0.1) is 0 Å². The van der Waals surface area contributed by atoms with Crippen molar-refractivity contribution >= 4 is 34.1 Å². The fraction of sp³-hybridized carbons (Fsp3) is 0.300. The Hall–Kier alpha value is -1.56. The van der Waals surface area contributed by atoms with Crippen LogP contribution in [0.5, 0.6) is 0 Å². The van der Waals surface area contributed by atoms with E-state index in [0.717, 1.165) is 22.2 Å². The van der Waals surface area contributed by atoms with E-state index in [2.05, 4.69) is 9.88 Å². The van der Waals surface area contributed by atoms with Gasteiger partial charge in [-0.3, -0.25) is 4.90 Å². The number of hydrogen-bond acceptors (Lipinski definition) is 3. The largest absolute Gasteiger partial charge is 0.395 e. The summed E-state index contributed by atoms with van der Waals surface area (Å²) in [5.74, 6) is 0. The summed E-state index contributed by atoms with van der Waals surface area (Å²) in [5, 5.41) is 22.9. The van der Waals surface area contributed by atoms with Gasteiger partial charge < -0.3 is 15.2 Å². The van der Waals surface area contributed by atoms with Crippen LogP contribution in [0, 0.1) is 0 Å². The van der Waals surface area contributed by atoms with Crippen molar-refractivity contribution in [3.05, 3.63) is 69.3 Å². The number of fused-ring (bicyclic) bond motifs is 3. The third kappa shape index (κ3) is 3.36. The van der Waals surface area contributed by atoms with Crippen LogP contribution in [0.2, 0.25) is 10.0 Å². The summed E-state index contributed by atoms with van der Waals surface area (Å²) in [7, 11) is 0. The van der Waals surface area contributed by atoms with Gasteiger partial charge in [0, 0.05) is 45.8 Å². The zero-order valence-corrected chi connectivity index (χ0v) is 15.6. The molecule has 0 spiro atoms. The van der Waals surface area contributed by atoms with Gasteiger partial charge in [0.05, 0.1) is 12.7 Å². The zero-order chi connectivity index (χ0) is 18.3. The van der Waals surface area contributed by atoms with Crippen molar-refractivity contribution in [1.29, 1.82) is 0 Å². The molecule has 136 valence electrons. The number of aromatic nitrogens is 1. The number of β-amino-alcohol motifs (C(OH)–C–C–N with tert-alkyl or cyclic N) is 1. The summed E-state index contributed by atoms with van der Waals surface area (Å²) in [6.07, 6.45) is 0.0529. The van der Waals surface area contributed by atoms with Gasteiger partial charge in [0.2, 0.25) is 0 Å². The number of benzene rings is 2. The lowest BCUT2D eigenvalue weighted by Gasteiger charge is -2.36. The fourth-order valence-electron chi connectivity index (χ4n) is 3.78. The van der Waals surface area contributed by atoms with Crippen LogP contribution in [0.3, 0.4) is 0 Å². The molecule has 4 rings (SSSR count). The highest BCUT2D eigenvalue weighted by Gasteiger charge is 2.30. The lowest BCUT2D eigenvalue weighted by atomic mass is 9.96. The van der Waals surface area contributed by atoms with E-state index in [0.29, 0.717) is 29.6 Å². The van der Waals surface area contributed by atoms with Crippen molar-refractivity contribution in [2.24, 2.45) is 0 Å². The van der Waals surface area contributed by atoms with Crippen LogP contribution >= 0.6 is 23.2 Å². The molecule has 1 aliphatic rings. The number of nitrogens with zero attached hydrogens (tertiary/aromatic N) is 1. The third-order valence-electron chi connectivity index (χ3n) is 5.13. The molecule has 0 aliphatic carbocycles. The number of hydrogen-bond donors (Lipinski definition) is 3. The number of aliphatic hydroxyl groups is 2. The molecule has 2 atom stereocenters. The lowest BCUT2D eigenvalue weighted by molar-refractivity contribution is 0.0498. The smallest absolute Gasteiger partial charge is 0.0917 e. The number of nitrogens with one attached hydrogen (secondary N) is 1. The van der Waals surface area contributed by atoms with E-state index >= 15 is 0 Å². The molecule has 1 aromatic heterocycles. The van der Waals surface area contributed by atoms with Gasteiger partial charge in [-0.05, 0) is 47.9 Å². The van der Waals surface area contributed by atoms with Gasteiger partial charge in [-0.1, -0.05) is 35.3 Å². The Labute approximate surface area is 162 Å². The van der Waals surface area contributed by atoms with Gasteiger partial charge in [0.1, 0.15) is 0 Å². The second kappa shape index (κ2) is 7.22. The van der Waals surface area contributed by atoms with E-state index in [1.54, 1.807) is 12.1 Å². The molecular formula is C20H20Cl2N2O2. The maximum absolute atomic E-state index is 10.6. The normalized spacial score (nSPS) is 18.8. The van der Waals surface area contributed by atoms with Crippen molar-refractivity contribution in [2.45, 2.75) is 25.1 Å². The Kier molecular flexibility index (Phi) is 4.95. The standard InChI is InChI=1S/C20H20Cl2N2O2/c21-13-3-1-2-12(6-13)20(26)10-24-9-19-17(8-15(24)11-25)16-7-14(22)4-5-18(16)23-19/h1-7,15,20,23,25-26H,8-11H2. The molecule has 0 fully saturated rings. The van der Waals surface area contributed by atoms with Crippen molar-refractivity contribution in [3.8, 4) is 0 Å². The van der Waals surface area contributed by atoms with Crippen LogP contribution in [0.15, 0.2) is 42.5 Å². The minimum absolute atomic E-state index is 0.0367. The Bertz CT molecular complexity index is 941. The van der Waals surface area contributed by atoms with Crippen molar-refractivity contribution in [3.63, 3.8) is 0 Å². The average Bonchev–Trinajstić information content (AvgIpc) is 2.97. The second-order valence-corrected chi connectivity index (χ2v) is 7.69. The van der Waals surface area contributed by atoms with Crippen molar-refractivity contribution in [2.75, 3.05) is 13.2 Å². The average molecular weight is 391 g/mol. The maximum atomic E-state index is 10.6. The zero-order valence-electron chi connectivity index (χ0n) is 14.1. The number of H-pyrrole nitrogens is 1. The van der Waals surface area contributed by atoms with Crippen LogP contribution in [-0.4, -0.2) is 39.3 Å². The number of aliphatic hydroxyl groups excluding tert-OH is 2. The molecular weight excluding hydrogens is 371 g/mol. The first-order chi connectivity index (χ1) is 12.5. The topological polar surface area (TPSA) is 59.5 Å². The summed E-state index contributed by atoms with van der Waals surface area (Å²) in [4.78, 5) is 5.57. The van der Waals surface area contributed by atoms with Crippen LogP contribution < -0.4 is 0 Å². The summed E-state index contributed by atoms with van der Waals surface area (Å²) < 4.78 is 0. The van der Waals surface area contributed by atoms with Crippen LogP contribution in [-0.2, 0) is 13.0 Å². The fourth-order valence-corrected chi connectivity index (χ4v) is 4.15. The minimum atomic E-state index is -0.664. The monoisotopic (exact) mass is 390 g/mol. The Morgan fingerprint density at radius 1 is 1.15 bits per heavy atom. The van der Waals surface area contributed by atoms with Gasteiger partial charge in [0.25, 0.3) is 0 Å². The Morgan fingerprint density at radius 2 is 1.96 bits per heavy atom. The molecule has 6 heteroatoms. The first-order valence-corrected chi connectivity index (χ1v) is 9.38. The number of halogens is 2. The first-order valence-electron chi connectivity index (χ1n) is 8.62. The summed E-state index contributed by atoms with van der Waals surface area (Å²) in [6, 6.07) is 13.0. The molecule has 0 bridgehead atoms. The number of aromatic amines is 1. The molecule has 2 unspecified atom stereocenters. The highest BCUT2D eigenvalue weighted by Crippen LogP contribution is 2.32. The van der Waals surface area contributed by atoms with Gasteiger partial charge in [0.15, 0.2) is 0 Å². The third-order valence-corrected chi connectivity index (χ3v) is 5.60. The molecule has 0 saturated heterocycles. The van der Waals surface area contributed by atoms with Crippen LogP contribution in [0.4, 0.5) is 0 Å². The summed E-state index contributed by atoms with van der Waals surface area (Å²) >= 11 is 12.2. The summed E-state index contributed by atoms with van der Waals surface area (Å²) in [5.41, 5.74) is 4.15. The lowest BCUT2D eigenvalue weighted by Crippen LogP contribution is -2.44. The Balaban J connectivity index is 1.61. The number of rotatable bonds is 4. The first kappa shape index (κ1) is 17.8. The predicted molar refractivity (Wildman–Crippen MR) is 105 cm³/mol. The van der Waals surface area contributed by atoms with E-state index in [9.17, 15) is 10.2 Å². The van der Waals surface area contributed by atoms with E-state index in [4.69, 9.17) is 23.2 Å². The predicted octanol–water partition coefficient (Wildman–Crippen LogP) is 3.93. The van der Waals surface area contributed by atoms with Gasteiger partial charge in [-0.25, -0.2) is 0 Å². The molecule has 3 N–H and O–H groups in total. The van der Waals surface area contributed by atoms with Crippen LogP contribution in [0.1, 0.15) is 22.9 Å². The molecule has 2 heterocycles. The molecule has 3 aromatic rings. The minimum Gasteiger partial charge on any atom is -0.395 e. The molecule has 1 aliphatic heterocycles. The van der Waals surface area contributed by atoms with Crippen LogP contribution in [0.25, 0.3) is 10.9 Å². The van der Waals surface area contributed by atoms with Gasteiger partial charge >= 0.3 is 0 Å². The van der Waals surface area contributed by atoms with Crippen molar-refractivity contribution in [1.82, 2.24) is 9.88 Å². The molecule has 4 nitrogen and oxygen atoms in total. The SMILES string of the molecule is OCC1Cc2c([nH]c3ccc(Cl)cc23)CN1CC(O)c1cccc(Cl)c1. The van der Waals surface area contributed by atoms with Gasteiger partial charge in [-0.2, -0.15) is 0 Å². The highest BCUT2D eigenvalue weighted by molar-refractivity contribution is 6.31. The molecule has 2 aromatic carbocycles. The quantitative estimate of drug-likeness (QED) is 0.632. The maximum Gasteiger partial charge on any atom is 0.0917 e. The Morgan fingerprint density at radius 3 is 2.73 bits per heavy atom. The van der Waals surface area contributed by atoms with E-state index in [-0.39, 0.29) is 12.6 Å². The van der Waals surface area contributed by atoms with E-state index in [1.807, 2.05) is 30.3 Å². The highest BCUT2D eigenvalue weighted by atomic mass is 35.5. The van der Waals surface area contributed by atoms with E-state index in [1.165, 1.54) is 5.56 Å². The summed E-state index contributed by atoms with van der Waals surface area (Å²) in [6.45, 7) is 1.11. The molecule has 0 saturated carbocycles. The van der Waals surface area contributed by atoms with Crippen molar-refractivity contribution < 1.29 is 10.2 Å². The molecule has 26 heavy (non-hydrogen) atoms. The second-order valence-electron chi connectivity index (χ2n) is 6.81.